The van der Waals surface area contributed by atoms with Crippen LogP contribution in [0.25, 0.3) is 0 Å². The number of para-hydroxylation sites is 1. The normalized spacial score (nSPS) is 10.6. The number of rotatable bonds is 8. The molecule has 0 aliphatic heterocycles. The van der Waals surface area contributed by atoms with E-state index in [1.165, 1.54) is 6.92 Å². The van der Waals surface area contributed by atoms with Crippen molar-refractivity contribution in [2.75, 3.05) is 25.1 Å². The van der Waals surface area contributed by atoms with E-state index >= 15 is 0 Å². The predicted octanol–water partition coefficient (Wildman–Crippen LogP) is 3.84. The molecule has 2 aromatic rings. The van der Waals surface area contributed by atoms with Crippen LogP contribution in [0.4, 0.5) is 5.69 Å². The smallest absolute Gasteiger partial charge is 0.240 e. The van der Waals surface area contributed by atoms with Crippen LogP contribution in [0, 0.1) is 6.92 Å². The Morgan fingerprint density at radius 2 is 1.86 bits per heavy atom. The third kappa shape index (κ3) is 5.59. The van der Waals surface area contributed by atoms with E-state index in [-0.39, 0.29) is 24.3 Å². The van der Waals surface area contributed by atoms with E-state index in [1.807, 2.05) is 49.4 Å². The number of anilines is 1. The number of nitrogens with one attached hydrogen (secondary N) is 1. The number of benzene rings is 2. The molecule has 0 spiro atoms. The molecule has 0 unspecified atom stereocenters. The maximum Gasteiger partial charge on any atom is 0.240 e. The van der Waals surface area contributed by atoms with Crippen molar-refractivity contribution in [3.63, 3.8) is 0 Å². The highest BCUT2D eigenvalue weighted by atomic mass is 16.5. The highest BCUT2D eigenvalue weighted by Crippen LogP contribution is 2.31. The standard InChI is InChI=1S/C23H30N2O3/c1-16(2)21-11-6-8-17(3)23(21)25(18(4)26)15-22(27)24-13-12-19-9-7-10-20(14-19)28-5/h6-11,14,16H,12-13,15H2,1-5H3,(H,24,27). The second-order valence-electron chi connectivity index (χ2n) is 7.22. The summed E-state index contributed by atoms with van der Waals surface area (Å²) < 4.78 is 5.22. The van der Waals surface area contributed by atoms with Gasteiger partial charge in [-0.1, -0.05) is 44.2 Å². The lowest BCUT2D eigenvalue weighted by Crippen LogP contribution is -2.41. The van der Waals surface area contributed by atoms with Crippen molar-refractivity contribution in [3.05, 3.63) is 59.2 Å². The summed E-state index contributed by atoms with van der Waals surface area (Å²) in [6.07, 6.45) is 0.699. The molecule has 2 rings (SSSR count). The molecule has 0 aromatic heterocycles. The molecule has 0 aliphatic carbocycles. The van der Waals surface area contributed by atoms with Crippen LogP contribution in [-0.4, -0.2) is 32.0 Å². The summed E-state index contributed by atoms with van der Waals surface area (Å²) in [5, 5.41) is 2.92. The van der Waals surface area contributed by atoms with E-state index in [4.69, 9.17) is 4.74 Å². The number of hydrogen-bond acceptors (Lipinski definition) is 3. The fourth-order valence-corrected chi connectivity index (χ4v) is 3.24. The van der Waals surface area contributed by atoms with Crippen LogP contribution in [0.2, 0.25) is 0 Å². The van der Waals surface area contributed by atoms with Crippen molar-refractivity contribution in [2.45, 2.75) is 40.0 Å². The van der Waals surface area contributed by atoms with E-state index in [9.17, 15) is 9.59 Å². The third-order valence-electron chi connectivity index (χ3n) is 4.71. The molecule has 2 aromatic carbocycles. The highest BCUT2D eigenvalue weighted by Gasteiger charge is 2.21. The minimum absolute atomic E-state index is 0.0119. The van der Waals surface area contributed by atoms with Crippen LogP contribution >= 0.6 is 0 Å². The number of ether oxygens (including phenoxy) is 1. The number of methoxy groups -OCH3 is 1. The number of nitrogens with zero attached hydrogens (tertiary/aromatic N) is 1. The van der Waals surface area contributed by atoms with E-state index < -0.39 is 0 Å². The molecule has 150 valence electrons. The Bertz CT molecular complexity index is 830. The second-order valence-corrected chi connectivity index (χ2v) is 7.22. The minimum atomic E-state index is -0.170. The van der Waals surface area contributed by atoms with Gasteiger partial charge in [0.25, 0.3) is 0 Å². The molecule has 0 heterocycles. The zero-order valence-electron chi connectivity index (χ0n) is 17.4. The van der Waals surface area contributed by atoms with E-state index in [2.05, 4.69) is 19.2 Å². The molecule has 0 atom stereocenters. The van der Waals surface area contributed by atoms with Crippen molar-refractivity contribution < 1.29 is 14.3 Å². The maximum atomic E-state index is 12.5. The number of aryl methyl sites for hydroxylation is 1. The van der Waals surface area contributed by atoms with Crippen LogP contribution in [-0.2, 0) is 16.0 Å². The quantitative estimate of drug-likeness (QED) is 0.755. The van der Waals surface area contributed by atoms with Gasteiger partial charge in [-0.2, -0.15) is 0 Å². The fraction of sp³-hybridized carbons (Fsp3) is 0.391. The van der Waals surface area contributed by atoms with Gasteiger partial charge in [0.2, 0.25) is 11.8 Å². The van der Waals surface area contributed by atoms with E-state index in [0.29, 0.717) is 13.0 Å². The monoisotopic (exact) mass is 382 g/mol. The van der Waals surface area contributed by atoms with Gasteiger partial charge in [0, 0.05) is 13.5 Å². The largest absolute Gasteiger partial charge is 0.497 e. The highest BCUT2D eigenvalue weighted by molar-refractivity contribution is 5.98. The summed E-state index contributed by atoms with van der Waals surface area (Å²) >= 11 is 0. The molecule has 5 nitrogen and oxygen atoms in total. The molecule has 1 N–H and O–H groups in total. The van der Waals surface area contributed by atoms with Crippen LogP contribution < -0.4 is 15.0 Å². The van der Waals surface area contributed by atoms with Crippen LogP contribution in [0.3, 0.4) is 0 Å². The summed E-state index contributed by atoms with van der Waals surface area (Å²) in [6, 6.07) is 13.7. The van der Waals surface area contributed by atoms with Crippen LogP contribution in [0.1, 0.15) is 43.4 Å². The van der Waals surface area contributed by atoms with Gasteiger partial charge in [-0.3, -0.25) is 9.59 Å². The first-order valence-electron chi connectivity index (χ1n) is 9.60. The Balaban J connectivity index is 2.05. The van der Waals surface area contributed by atoms with Crippen molar-refractivity contribution >= 4 is 17.5 Å². The molecule has 0 aliphatic rings. The molecule has 0 radical (unpaired) electrons. The number of hydrogen-bond donors (Lipinski definition) is 1. The van der Waals surface area contributed by atoms with Crippen LogP contribution in [0.15, 0.2) is 42.5 Å². The van der Waals surface area contributed by atoms with Gasteiger partial charge in [0.05, 0.1) is 12.8 Å². The summed E-state index contributed by atoms with van der Waals surface area (Å²) in [6.45, 7) is 8.16. The van der Waals surface area contributed by atoms with Crippen molar-refractivity contribution in [3.8, 4) is 5.75 Å². The average Bonchev–Trinajstić information content (AvgIpc) is 2.66. The molecule has 0 saturated carbocycles. The Kier molecular flexibility index (Phi) is 7.61. The molecule has 5 heteroatoms. The van der Waals surface area contributed by atoms with Crippen molar-refractivity contribution in [2.24, 2.45) is 0 Å². The maximum absolute atomic E-state index is 12.5. The first kappa shape index (κ1) is 21.5. The summed E-state index contributed by atoms with van der Waals surface area (Å²) in [7, 11) is 1.63. The zero-order valence-corrected chi connectivity index (χ0v) is 17.4. The van der Waals surface area contributed by atoms with Gasteiger partial charge in [0.1, 0.15) is 12.3 Å². The Morgan fingerprint density at radius 1 is 1.14 bits per heavy atom. The lowest BCUT2D eigenvalue weighted by atomic mass is 9.97. The number of carbonyl (C=O) groups excluding carboxylic acids is 2. The van der Waals surface area contributed by atoms with Crippen molar-refractivity contribution in [1.82, 2.24) is 5.32 Å². The van der Waals surface area contributed by atoms with Gasteiger partial charge < -0.3 is 15.0 Å². The van der Waals surface area contributed by atoms with E-state index in [1.54, 1.807) is 12.0 Å². The molecule has 0 saturated heterocycles. The third-order valence-corrected chi connectivity index (χ3v) is 4.71. The molecule has 0 fully saturated rings. The van der Waals surface area contributed by atoms with Gasteiger partial charge in [0.15, 0.2) is 0 Å². The Hall–Kier alpha value is -2.82. The zero-order chi connectivity index (χ0) is 20.7. The summed E-state index contributed by atoms with van der Waals surface area (Å²) in [5.74, 6) is 0.746. The minimum Gasteiger partial charge on any atom is -0.497 e. The molecule has 0 bridgehead atoms. The van der Waals surface area contributed by atoms with Crippen LogP contribution in [0.5, 0.6) is 5.75 Å². The first-order chi connectivity index (χ1) is 13.3. The Labute approximate surface area is 167 Å². The van der Waals surface area contributed by atoms with Gasteiger partial charge in [-0.15, -0.1) is 0 Å². The molecular weight excluding hydrogens is 352 g/mol. The number of amides is 2. The summed E-state index contributed by atoms with van der Waals surface area (Å²) in [4.78, 5) is 26.4. The lowest BCUT2D eigenvalue weighted by Gasteiger charge is -2.27. The summed E-state index contributed by atoms with van der Waals surface area (Å²) in [5.41, 5.74) is 3.99. The van der Waals surface area contributed by atoms with Gasteiger partial charge in [-0.05, 0) is 48.1 Å². The Morgan fingerprint density at radius 3 is 2.50 bits per heavy atom. The predicted molar refractivity (Wildman–Crippen MR) is 113 cm³/mol. The molecular formula is C23H30N2O3. The van der Waals surface area contributed by atoms with E-state index in [0.717, 1.165) is 28.1 Å². The lowest BCUT2D eigenvalue weighted by molar-refractivity contribution is -0.123. The second kappa shape index (κ2) is 9.93. The van der Waals surface area contributed by atoms with Crippen molar-refractivity contribution in [1.29, 1.82) is 0 Å². The topological polar surface area (TPSA) is 58.6 Å². The van der Waals surface area contributed by atoms with Gasteiger partial charge in [-0.25, -0.2) is 0 Å². The molecule has 28 heavy (non-hydrogen) atoms. The first-order valence-corrected chi connectivity index (χ1v) is 9.60. The SMILES string of the molecule is COc1cccc(CCNC(=O)CN(C(C)=O)c2c(C)cccc2C(C)C)c1. The molecule has 2 amide bonds. The van der Waals surface area contributed by atoms with Gasteiger partial charge >= 0.3 is 0 Å². The average molecular weight is 383 g/mol. The fourth-order valence-electron chi connectivity index (χ4n) is 3.24. The number of carbonyl (C=O) groups is 2.